The van der Waals surface area contributed by atoms with Gasteiger partial charge in [0.1, 0.15) is 18.7 Å². The maximum Gasteiger partial charge on any atom is 0.414 e. The van der Waals surface area contributed by atoms with Crippen molar-refractivity contribution in [3.8, 4) is 0 Å². The second-order valence-corrected chi connectivity index (χ2v) is 8.87. The first kappa shape index (κ1) is 19.3. The third-order valence-corrected chi connectivity index (χ3v) is 4.84. The summed E-state index contributed by atoms with van der Waals surface area (Å²) in [5, 5.41) is 18.3. The molecule has 26 heavy (non-hydrogen) atoms. The van der Waals surface area contributed by atoms with Crippen molar-refractivity contribution in [1.29, 1.82) is 0 Å². The van der Waals surface area contributed by atoms with Crippen molar-refractivity contribution < 1.29 is 19.4 Å². The molecule has 4 atom stereocenters. The van der Waals surface area contributed by atoms with E-state index in [0.717, 1.165) is 0 Å². The van der Waals surface area contributed by atoms with Crippen LogP contribution in [0.4, 0.5) is 4.79 Å². The highest BCUT2D eigenvalue weighted by molar-refractivity contribution is 6.67. The first-order valence-corrected chi connectivity index (χ1v) is 8.97. The zero-order chi connectivity index (χ0) is 19.3. The van der Waals surface area contributed by atoms with Crippen LogP contribution in [0.25, 0.3) is 0 Å². The fraction of sp³-hybridized carbons (Fsp3) is 0.643. The van der Waals surface area contributed by atoms with Gasteiger partial charge in [-0.05, 0) is 6.92 Å². The number of ether oxygens (including phenoxy) is 1. The van der Waals surface area contributed by atoms with Gasteiger partial charge in [-0.1, -0.05) is 41.4 Å². The molecular weight excluding hydrogens is 409 g/mol. The molecule has 0 aromatic rings. The number of nitrogens with zero attached hydrogens (tertiary/aromatic N) is 2. The highest BCUT2D eigenvalue weighted by Gasteiger charge is 2.65. The monoisotopic (exact) mass is 425 g/mol. The normalized spacial score (nSPS) is 33.0. The number of Topliss-reactive ketones (excluding diaryl/α,β-unsaturated/α-hetero) is 1. The standard InChI is InChI=1S/C14H18Cl3N5O4/c1-6-3-9(24)14-10(18-7(2)21-14)8(4-23)19-11(22(6)14)20-12(25)26-5-13(15,16)17/h6,8,10,18,21,23H,2-5H2,1H3,(H,19,20,25)/t6-,8-,10?,14?/m0/s1. The zero-order valence-corrected chi connectivity index (χ0v) is 16.0. The summed E-state index contributed by atoms with van der Waals surface area (Å²) in [5.74, 6) is 0.441. The Bertz CT molecular complexity index is 682. The SMILES string of the molecule is C=C1NC2[C@H](CO)N=C(NC(=O)OCC(Cl)(Cl)Cl)N3[C@@H](C)CC(=O)C23N1. The summed E-state index contributed by atoms with van der Waals surface area (Å²) >= 11 is 16.7. The first-order chi connectivity index (χ1) is 12.1. The Hall–Kier alpha value is -1.42. The number of amides is 1. The molecule has 0 radical (unpaired) electrons. The second kappa shape index (κ2) is 6.63. The highest BCUT2D eigenvalue weighted by Crippen LogP contribution is 2.40. The average Bonchev–Trinajstić information content (AvgIpc) is 3.00. The summed E-state index contributed by atoms with van der Waals surface area (Å²) in [7, 11) is 0. The molecule has 144 valence electrons. The van der Waals surface area contributed by atoms with Gasteiger partial charge in [0.25, 0.3) is 0 Å². The van der Waals surface area contributed by atoms with E-state index >= 15 is 0 Å². The zero-order valence-electron chi connectivity index (χ0n) is 13.8. The Morgan fingerprint density at radius 1 is 1.58 bits per heavy atom. The summed E-state index contributed by atoms with van der Waals surface area (Å²) in [6.45, 7) is 4.85. The van der Waals surface area contributed by atoms with Gasteiger partial charge in [-0.3, -0.25) is 10.1 Å². The van der Waals surface area contributed by atoms with Gasteiger partial charge >= 0.3 is 6.09 Å². The van der Waals surface area contributed by atoms with Crippen molar-refractivity contribution in [3.63, 3.8) is 0 Å². The van der Waals surface area contributed by atoms with Crippen LogP contribution in [0.1, 0.15) is 13.3 Å². The Labute approximate surface area is 164 Å². The van der Waals surface area contributed by atoms with Crippen LogP contribution in [0.3, 0.4) is 0 Å². The van der Waals surface area contributed by atoms with Gasteiger partial charge in [-0.25, -0.2) is 9.79 Å². The number of carbonyl (C=O) groups excluding carboxylic acids is 2. The molecule has 0 saturated carbocycles. The van der Waals surface area contributed by atoms with Crippen LogP contribution < -0.4 is 16.0 Å². The minimum atomic E-state index is -1.75. The number of aliphatic hydroxyl groups excluding tert-OH is 1. The smallest absolute Gasteiger partial charge is 0.414 e. The number of rotatable bonds is 2. The summed E-state index contributed by atoms with van der Waals surface area (Å²) < 4.78 is 3.11. The molecule has 3 aliphatic rings. The van der Waals surface area contributed by atoms with Crippen LogP contribution in [-0.4, -0.2) is 68.6 Å². The van der Waals surface area contributed by atoms with Crippen LogP contribution in [-0.2, 0) is 9.53 Å². The molecule has 1 amide bonds. The van der Waals surface area contributed by atoms with Crippen LogP contribution in [0.2, 0.25) is 0 Å². The molecule has 1 spiro atoms. The van der Waals surface area contributed by atoms with E-state index in [1.165, 1.54) is 0 Å². The number of carbonyl (C=O) groups is 2. The second-order valence-electron chi connectivity index (χ2n) is 6.36. The van der Waals surface area contributed by atoms with Gasteiger partial charge in [-0.2, -0.15) is 0 Å². The van der Waals surface area contributed by atoms with Gasteiger partial charge < -0.3 is 25.4 Å². The summed E-state index contributed by atoms with van der Waals surface area (Å²) in [4.78, 5) is 30.9. The molecule has 2 saturated heterocycles. The molecule has 0 bridgehead atoms. The molecule has 4 N–H and O–H groups in total. The molecule has 2 unspecified atom stereocenters. The third kappa shape index (κ3) is 3.17. The molecule has 0 aromatic heterocycles. The summed E-state index contributed by atoms with van der Waals surface area (Å²) in [5.41, 5.74) is -1.19. The molecule has 3 aliphatic heterocycles. The van der Waals surface area contributed by atoms with E-state index in [2.05, 4.69) is 27.5 Å². The van der Waals surface area contributed by atoms with Gasteiger partial charge in [0.15, 0.2) is 11.4 Å². The molecular formula is C14H18Cl3N5O4. The fourth-order valence-electron chi connectivity index (χ4n) is 3.64. The van der Waals surface area contributed by atoms with E-state index in [1.807, 2.05) is 6.92 Å². The number of alkyl halides is 3. The third-order valence-electron chi connectivity index (χ3n) is 4.52. The average molecular weight is 427 g/mol. The van der Waals surface area contributed by atoms with Gasteiger partial charge in [0.05, 0.1) is 12.4 Å². The number of nitrogens with one attached hydrogen (secondary N) is 3. The van der Waals surface area contributed by atoms with Crippen LogP contribution in [0.15, 0.2) is 17.4 Å². The molecule has 2 fully saturated rings. The first-order valence-electron chi connectivity index (χ1n) is 7.84. The molecule has 0 aromatic carbocycles. The maximum absolute atomic E-state index is 12.8. The number of hydrogen-bond acceptors (Lipinski definition) is 8. The van der Waals surface area contributed by atoms with Crippen molar-refractivity contribution in [2.24, 2.45) is 4.99 Å². The Morgan fingerprint density at radius 3 is 2.88 bits per heavy atom. The van der Waals surface area contributed by atoms with Crippen LogP contribution in [0, 0.1) is 0 Å². The summed E-state index contributed by atoms with van der Waals surface area (Å²) in [6.07, 6.45) is -0.655. The summed E-state index contributed by atoms with van der Waals surface area (Å²) in [6, 6.07) is -1.46. The van der Waals surface area contributed by atoms with Gasteiger partial charge in [0.2, 0.25) is 9.75 Å². The van der Waals surface area contributed by atoms with E-state index in [0.29, 0.717) is 5.82 Å². The number of guanidine groups is 1. The molecule has 9 nitrogen and oxygen atoms in total. The number of alkyl carbamates (subject to hydrolysis) is 1. The highest BCUT2D eigenvalue weighted by atomic mass is 35.6. The minimum Gasteiger partial charge on any atom is -0.445 e. The van der Waals surface area contributed by atoms with E-state index in [4.69, 9.17) is 39.5 Å². The van der Waals surface area contributed by atoms with Crippen molar-refractivity contribution in [2.45, 2.75) is 40.9 Å². The van der Waals surface area contributed by atoms with E-state index < -0.39 is 34.2 Å². The number of hydrogen-bond donors (Lipinski definition) is 4. The lowest BCUT2D eigenvalue weighted by molar-refractivity contribution is -0.126. The Morgan fingerprint density at radius 2 is 2.27 bits per heavy atom. The molecule has 3 rings (SSSR count). The molecule has 0 aliphatic carbocycles. The fourth-order valence-corrected chi connectivity index (χ4v) is 3.81. The minimum absolute atomic E-state index is 0.0940. The van der Waals surface area contributed by atoms with Crippen LogP contribution >= 0.6 is 34.8 Å². The van der Waals surface area contributed by atoms with E-state index in [-0.39, 0.29) is 30.8 Å². The number of halogens is 3. The topological polar surface area (TPSA) is 115 Å². The van der Waals surface area contributed by atoms with E-state index in [9.17, 15) is 14.7 Å². The Kier molecular flexibility index (Phi) is 4.93. The maximum atomic E-state index is 12.8. The molecule has 12 heteroatoms. The van der Waals surface area contributed by atoms with Gasteiger partial charge in [0, 0.05) is 12.5 Å². The largest absolute Gasteiger partial charge is 0.445 e. The van der Waals surface area contributed by atoms with Crippen molar-refractivity contribution in [1.82, 2.24) is 20.9 Å². The van der Waals surface area contributed by atoms with Crippen molar-refractivity contribution in [3.05, 3.63) is 12.4 Å². The number of ketones is 1. The lowest BCUT2D eigenvalue weighted by Gasteiger charge is -2.45. The predicted molar refractivity (Wildman–Crippen MR) is 95.9 cm³/mol. The van der Waals surface area contributed by atoms with E-state index in [1.54, 1.807) is 4.90 Å². The van der Waals surface area contributed by atoms with Gasteiger partial charge in [-0.15, -0.1) is 0 Å². The van der Waals surface area contributed by atoms with Crippen molar-refractivity contribution in [2.75, 3.05) is 13.2 Å². The predicted octanol–water partition coefficient (Wildman–Crippen LogP) is 0.206. The lowest BCUT2D eigenvalue weighted by atomic mass is 9.90. The quantitative estimate of drug-likeness (QED) is 0.466. The Balaban J connectivity index is 1.89. The molecule has 3 heterocycles. The lowest BCUT2D eigenvalue weighted by Crippen LogP contribution is -2.73. The van der Waals surface area contributed by atoms with Crippen LogP contribution in [0.5, 0.6) is 0 Å². The number of aliphatic imine (C=N–C) groups is 1. The van der Waals surface area contributed by atoms with Crippen molar-refractivity contribution >= 4 is 52.6 Å². The number of aliphatic hydroxyl groups is 1.